The van der Waals surface area contributed by atoms with Crippen LogP contribution < -0.4 is 5.32 Å². The fraction of sp³-hybridized carbons (Fsp3) is 0.667. The van der Waals surface area contributed by atoms with E-state index in [1.807, 2.05) is 0 Å². The molecule has 1 fully saturated rings. The molecule has 0 saturated heterocycles. The van der Waals surface area contributed by atoms with E-state index in [1.54, 1.807) is 0 Å². The second kappa shape index (κ2) is 7.69. The Morgan fingerprint density at radius 3 is 2.53 bits per heavy atom. The summed E-state index contributed by atoms with van der Waals surface area (Å²) < 4.78 is 0. The number of hydrogen-bond donors (Lipinski definition) is 1. The van der Waals surface area contributed by atoms with Crippen molar-refractivity contribution < 1.29 is 0 Å². The van der Waals surface area contributed by atoms with E-state index in [0.717, 1.165) is 5.92 Å². The van der Waals surface area contributed by atoms with Gasteiger partial charge < -0.3 is 5.32 Å². The van der Waals surface area contributed by atoms with Crippen LogP contribution >= 0.6 is 0 Å². The van der Waals surface area contributed by atoms with Gasteiger partial charge in [0.15, 0.2) is 0 Å². The third-order valence-electron chi connectivity index (χ3n) is 4.53. The van der Waals surface area contributed by atoms with Crippen molar-refractivity contribution in [2.75, 3.05) is 7.05 Å². The first-order valence-corrected chi connectivity index (χ1v) is 8.11. The molecule has 1 aromatic rings. The molecule has 1 N–H and O–H groups in total. The van der Waals surface area contributed by atoms with Crippen LogP contribution in [0.1, 0.15) is 69.0 Å². The zero-order valence-corrected chi connectivity index (χ0v) is 12.6. The molecule has 1 aliphatic carbocycles. The SMILES string of the molecule is CCCc1cccc(C(NC)C2CCCCCC2)c1. The van der Waals surface area contributed by atoms with Crippen molar-refractivity contribution in [3.63, 3.8) is 0 Å². The van der Waals surface area contributed by atoms with Gasteiger partial charge in [0.1, 0.15) is 0 Å². The predicted molar refractivity (Wildman–Crippen MR) is 83.4 cm³/mol. The van der Waals surface area contributed by atoms with E-state index < -0.39 is 0 Å². The molecular formula is C18H29N. The van der Waals surface area contributed by atoms with Crippen LogP contribution in [0.25, 0.3) is 0 Å². The molecule has 0 radical (unpaired) electrons. The van der Waals surface area contributed by atoms with Crippen LogP contribution in [0.4, 0.5) is 0 Å². The van der Waals surface area contributed by atoms with E-state index in [2.05, 4.69) is 43.6 Å². The highest BCUT2D eigenvalue weighted by atomic mass is 14.9. The molecule has 1 heteroatoms. The molecule has 0 bridgehead atoms. The van der Waals surface area contributed by atoms with Crippen LogP contribution in [-0.4, -0.2) is 7.05 Å². The maximum Gasteiger partial charge on any atom is 0.0346 e. The van der Waals surface area contributed by atoms with Gasteiger partial charge >= 0.3 is 0 Å². The normalized spacial score (nSPS) is 19.1. The molecule has 1 atom stereocenters. The molecular weight excluding hydrogens is 230 g/mol. The lowest BCUT2D eigenvalue weighted by atomic mass is 9.86. The van der Waals surface area contributed by atoms with Crippen LogP contribution in [0.2, 0.25) is 0 Å². The Bertz CT molecular complexity index is 364. The number of rotatable bonds is 5. The van der Waals surface area contributed by atoms with Crippen molar-refractivity contribution in [1.82, 2.24) is 5.32 Å². The highest BCUT2D eigenvalue weighted by Crippen LogP contribution is 2.33. The van der Waals surface area contributed by atoms with E-state index in [4.69, 9.17) is 0 Å². The quantitative estimate of drug-likeness (QED) is 0.744. The second-order valence-electron chi connectivity index (χ2n) is 6.01. The summed E-state index contributed by atoms with van der Waals surface area (Å²) in [6.07, 6.45) is 10.9. The lowest BCUT2D eigenvalue weighted by molar-refractivity contribution is 0.341. The van der Waals surface area contributed by atoms with Crippen LogP contribution in [0.3, 0.4) is 0 Å². The largest absolute Gasteiger partial charge is 0.313 e. The maximum atomic E-state index is 3.59. The zero-order chi connectivity index (χ0) is 13.5. The van der Waals surface area contributed by atoms with Gasteiger partial charge in [0.25, 0.3) is 0 Å². The first-order chi connectivity index (χ1) is 9.35. The predicted octanol–water partition coefficient (Wildman–Crippen LogP) is 4.87. The Morgan fingerprint density at radius 2 is 1.89 bits per heavy atom. The minimum absolute atomic E-state index is 0.551. The van der Waals surface area contributed by atoms with Crippen molar-refractivity contribution in [2.45, 2.75) is 64.3 Å². The van der Waals surface area contributed by atoms with E-state index >= 15 is 0 Å². The van der Waals surface area contributed by atoms with Gasteiger partial charge in [-0.1, -0.05) is 63.3 Å². The van der Waals surface area contributed by atoms with Crippen molar-refractivity contribution in [3.05, 3.63) is 35.4 Å². The molecule has 2 rings (SSSR count). The topological polar surface area (TPSA) is 12.0 Å². The molecule has 0 heterocycles. The Labute approximate surface area is 118 Å². The molecule has 0 aliphatic heterocycles. The van der Waals surface area contributed by atoms with Crippen molar-refractivity contribution in [1.29, 1.82) is 0 Å². The minimum atomic E-state index is 0.551. The number of hydrogen-bond acceptors (Lipinski definition) is 1. The fourth-order valence-corrected chi connectivity index (χ4v) is 3.55. The van der Waals surface area contributed by atoms with E-state index in [9.17, 15) is 0 Å². The summed E-state index contributed by atoms with van der Waals surface area (Å²) in [6.45, 7) is 2.26. The molecule has 0 spiro atoms. The van der Waals surface area contributed by atoms with E-state index in [0.29, 0.717) is 6.04 Å². The number of nitrogens with one attached hydrogen (secondary N) is 1. The molecule has 1 saturated carbocycles. The highest BCUT2D eigenvalue weighted by Gasteiger charge is 2.22. The van der Waals surface area contributed by atoms with Crippen molar-refractivity contribution in [2.24, 2.45) is 5.92 Å². The van der Waals surface area contributed by atoms with Crippen molar-refractivity contribution in [3.8, 4) is 0 Å². The third kappa shape index (κ3) is 4.07. The van der Waals surface area contributed by atoms with Gasteiger partial charge in [-0.3, -0.25) is 0 Å². The molecule has 19 heavy (non-hydrogen) atoms. The van der Waals surface area contributed by atoms with Gasteiger partial charge in [-0.15, -0.1) is 0 Å². The van der Waals surface area contributed by atoms with Crippen LogP contribution in [0.5, 0.6) is 0 Å². The Morgan fingerprint density at radius 1 is 1.16 bits per heavy atom. The van der Waals surface area contributed by atoms with Gasteiger partial charge in [0.05, 0.1) is 0 Å². The summed E-state index contributed by atoms with van der Waals surface area (Å²) in [5, 5.41) is 3.59. The first kappa shape index (κ1) is 14.6. The monoisotopic (exact) mass is 259 g/mol. The maximum absolute atomic E-state index is 3.59. The number of benzene rings is 1. The summed E-state index contributed by atoms with van der Waals surface area (Å²) >= 11 is 0. The molecule has 1 aliphatic rings. The molecule has 1 unspecified atom stereocenters. The van der Waals surface area contributed by atoms with Gasteiger partial charge in [0.2, 0.25) is 0 Å². The first-order valence-electron chi connectivity index (χ1n) is 8.11. The van der Waals surface area contributed by atoms with Crippen molar-refractivity contribution >= 4 is 0 Å². The molecule has 1 aromatic carbocycles. The third-order valence-corrected chi connectivity index (χ3v) is 4.53. The summed E-state index contributed by atoms with van der Waals surface area (Å²) in [5.74, 6) is 0.823. The number of aryl methyl sites for hydroxylation is 1. The summed E-state index contributed by atoms with van der Waals surface area (Å²) in [6, 6.07) is 9.80. The average Bonchev–Trinajstić information content (AvgIpc) is 2.70. The molecule has 0 amide bonds. The lowest BCUT2D eigenvalue weighted by Crippen LogP contribution is -2.25. The Hall–Kier alpha value is -0.820. The van der Waals surface area contributed by atoms with Gasteiger partial charge in [0, 0.05) is 6.04 Å². The van der Waals surface area contributed by atoms with Gasteiger partial charge in [-0.2, -0.15) is 0 Å². The summed E-state index contributed by atoms with van der Waals surface area (Å²) in [7, 11) is 2.13. The smallest absolute Gasteiger partial charge is 0.0346 e. The minimum Gasteiger partial charge on any atom is -0.313 e. The highest BCUT2D eigenvalue weighted by molar-refractivity contribution is 5.26. The zero-order valence-electron chi connectivity index (χ0n) is 12.6. The Balaban J connectivity index is 2.13. The standard InChI is InChI=1S/C18H29N/c1-3-9-15-10-8-13-17(14-15)18(19-2)16-11-6-4-5-7-12-16/h8,10,13-14,16,18-19H,3-7,9,11-12H2,1-2H3. The van der Waals surface area contributed by atoms with Crippen LogP contribution in [0.15, 0.2) is 24.3 Å². The molecule has 106 valence electrons. The van der Waals surface area contributed by atoms with E-state index in [-0.39, 0.29) is 0 Å². The van der Waals surface area contributed by atoms with Crippen LogP contribution in [-0.2, 0) is 6.42 Å². The van der Waals surface area contributed by atoms with E-state index in [1.165, 1.54) is 62.5 Å². The second-order valence-corrected chi connectivity index (χ2v) is 6.01. The van der Waals surface area contributed by atoms with Crippen LogP contribution in [0, 0.1) is 5.92 Å². The van der Waals surface area contributed by atoms with Gasteiger partial charge in [-0.25, -0.2) is 0 Å². The molecule has 0 aromatic heterocycles. The van der Waals surface area contributed by atoms with Gasteiger partial charge in [-0.05, 0) is 43.4 Å². The lowest BCUT2D eigenvalue weighted by Gasteiger charge is -2.26. The Kier molecular flexibility index (Phi) is 5.91. The fourth-order valence-electron chi connectivity index (χ4n) is 3.55. The molecule has 1 nitrogen and oxygen atoms in total. The average molecular weight is 259 g/mol. The summed E-state index contributed by atoms with van der Waals surface area (Å²) in [4.78, 5) is 0. The summed E-state index contributed by atoms with van der Waals surface area (Å²) in [5.41, 5.74) is 2.99.